The van der Waals surface area contributed by atoms with E-state index in [1.807, 2.05) is 11.3 Å². The lowest BCUT2D eigenvalue weighted by Gasteiger charge is -2.33. The molecule has 1 aromatic rings. The number of aryl methyl sites for hydroxylation is 1. The molecule has 1 heterocycles. The maximum Gasteiger partial charge on any atom is 0.186 e. The Hall–Kier alpha value is -0.610. The second-order valence-electron chi connectivity index (χ2n) is 5.58. The molecular formula is C16H29N3S. The third-order valence-electron chi connectivity index (χ3n) is 4.24. The first-order chi connectivity index (χ1) is 9.80. The summed E-state index contributed by atoms with van der Waals surface area (Å²) in [6.07, 6.45) is 7.92. The molecule has 20 heavy (non-hydrogen) atoms. The van der Waals surface area contributed by atoms with Crippen LogP contribution < -0.4 is 10.2 Å². The van der Waals surface area contributed by atoms with Crippen LogP contribution in [0.1, 0.15) is 63.4 Å². The van der Waals surface area contributed by atoms with Gasteiger partial charge in [-0.25, -0.2) is 4.98 Å². The summed E-state index contributed by atoms with van der Waals surface area (Å²) < 4.78 is 0. The summed E-state index contributed by atoms with van der Waals surface area (Å²) in [7, 11) is 0. The Morgan fingerprint density at radius 1 is 1.20 bits per heavy atom. The average molecular weight is 295 g/mol. The minimum Gasteiger partial charge on any atom is -0.345 e. The predicted molar refractivity (Wildman–Crippen MR) is 88.8 cm³/mol. The highest BCUT2D eigenvalue weighted by molar-refractivity contribution is 7.15. The van der Waals surface area contributed by atoms with E-state index in [1.165, 1.54) is 47.8 Å². The van der Waals surface area contributed by atoms with E-state index in [4.69, 9.17) is 4.98 Å². The van der Waals surface area contributed by atoms with E-state index in [0.717, 1.165) is 32.1 Å². The number of anilines is 1. The van der Waals surface area contributed by atoms with Gasteiger partial charge >= 0.3 is 0 Å². The van der Waals surface area contributed by atoms with Crippen molar-refractivity contribution in [1.82, 2.24) is 10.3 Å². The molecule has 0 spiro atoms. The quantitative estimate of drug-likeness (QED) is 0.825. The Balaban J connectivity index is 2.13. The summed E-state index contributed by atoms with van der Waals surface area (Å²) in [6.45, 7) is 9.72. The van der Waals surface area contributed by atoms with Gasteiger partial charge in [-0.2, -0.15) is 0 Å². The minimum atomic E-state index is 0.719. The molecule has 0 aliphatic heterocycles. The maximum atomic E-state index is 4.93. The van der Waals surface area contributed by atoms with E-state index in [9.17, 15) is 0 Å². The SMILES string of the molecule is CCNCc1sc(N(CC)C2CCCCC2)nc1CC. The smallest absolute Gasteiger partial charge is 0.186 e. The molecule has 1 aromatic heterocycles. The van der Waals surface area contributed by atoms with E-state index in [-0.39, 0.29) is 0 Å². The summed E-state index contributed by atoms with van der Waals surface area (Å²) in [5.41, 5.74) is 1.29. The Labute approximate surface area is 127 Å². The summed E-state index contributed by atoms with van der Waals surface area (Å²) in [6, 6.07) is 0.719. The van der Waals surface area contributed by atoms with Gasteiger partial charge in [0.15, 0.2) is 5.13 Å². The van der Waals surface area contributed by atoms with E-state index in [2.05, 4.69) is 31.0 Å². The third-order valence-corrected chi connectivity index (χ3v) is 5.37. The zero-order chi connectivity index (χ0) is 14.4. The average Bonchev–Trinajstić information content (AvgIpc) is 2.90. The summed E-state index contributed by atoms with van der Waals surface area (Å²) in [5, 5.41) is 4.69. The van der Waals surface area contributed by atoms with Crippen molar-refractivity contribution in [3.63, 3.8) is 0 Å². The van der Waals surface area contributed by atoms with Gasteiger partial charge in [-0.15, -0.1) is 11.3 Å². The first kappa shape index (κ1) is 15.8. The molecule has 0 radical (unpaired) electrons. The molecule has 3 nitrogen and oxygen atoms in total. The van der Waals surface area contributed by atoms with Crippen LogP contribution in [0.15, 0.2) is 0 Å². The molecule has 0 saturated heterocycles. The highest BCUT2D eigenvalue weighted by Crippen LogP contribution is 2.32. The molecule has 1 fully saturated rings. The maximum absolute atomic E-state index is 4.93. The molecule has 0 aromatic carbocycles. The monoisotopic (exact) mass is 295 g/mol. The molecule has 1 aliphatic carbocycles. The number of thiazole rings is 1. The van der Waals surface area contributed by atoms with Gasteiger partial charge in [0.2, 0.25) is 0 Å². The van der Waals surface area contributed by atoms with Crippen LogP contribution >= 0.6 is 11.3 Å². The molecule has 1 aliphatic rings. The van der Waals surface area contributed by atoms with Crippen molar-refractivity contribution in [2.24, 2.45) is 0 Å². The largest absolute Gasteiger partial charge is 0.345 e. The third kappa shape index (κ3) is 3.73. The van der Waals surface area contributed by atoms with Crippen LogP contribution in [-0.4, -0.2) is 24.1 Å². The Bertz CT molecular complexity index is 396. The lowest BCUT2D eigenvalue weighted by Crippen LogP contribution is -2.36. The number of hydrogen-bond acceptors (Lipinski definition) is 4. The lowest BCUT2D eigenvalue weighted by atomic mass is 9.94. The predicted octanol–water partition coefficient (Wildman–Crippen LogP) is 3.97. The van der Waals surface area contributed by atoms with Gasteiger partial charge in [0.25, 0.3) is 0 Å². The number of nitrogens with zero attached hydrogens (tertiary/aromatic N) is 2. The van der Waals surface area contributed by atoms with Crippen molar-refractivity contribution >= 4 is 16.5 Å². The summed E-state index contributed by atoms with van der Waals surface area (Å²) in [5.74, 6) is 0. The van der Waals surface area contributed by atoms with Gasteiger partial charge in [-0.1, -0.05) is 33.1 Å². The minimum absolute atomic E-state index is 0.719. The standard InChI is InChI=1S/C16H29N3S/c1-4-14-15(12-17-5-2)20-16(18-14)19(6-3)13-10-8-7-9-11-13/h13,17H,4-12H2,1-3H3. The van der Waals surface area contributed by atoms with Crippen LogP contribution in [0.3, 0.4) is 0 Å². The Kier molecular flexibility index (Phi) is 6.30. The number of rotatable bonds is 7. The topological polar surface area (TPSA) is 28.2 Å². The fourth-order valence-corrected chi connectivity index (χ4v) is 4.34. The first-order valence-corrected chi connectivity index (χ1v) is 9.07. The van der Waals surface area contributed by atoms with E-state index < -0.39 is 0 Å². The Morgan fingerprint density at radius 2 is 1.95 bits per heavy atom. The number of nitrogens with one attached hydrogen (secondary N) is 1. The van der Waals surface area contributed by atoms with Gasteiger partial charge in [0, 0.05) is 24.0 Å². The van der Waals surface area contributed by atoms with E-state index >= 15 is 0 Å². The number of aromatic nitrogens is 1. The molecule has 0 unspecified atom stereocenters. The van der Waals surface area contributed by atoms with Crippen LogP contribution in [0.5, 0.6) is 0 Å². The highest BCUT2D eigenvalue weighted by Gasteiger charge is 2.23. The zero-order valence-corrected chi connectivity index (χ0v) is 14.1. The molecule has 0 atom stereocenters. The Morgan fingerprint density at radius 3 is 2.55 bits per heavy atom. The molecular weight excluding hydrogens is 266 g/mol. The molecule has 1 N–H and O–H groups in total. The normalized spacial score (nSPS) is 16.6. The molecule has 2 rings (SSSR count). The molecule has 0 bridgehead atoms. The van der Waals surface area contributed by atoms with Crippen molar-refractivity contribution in [2.45, 2.75) is 71.9 Å². The van der Waals surface area contributed by atoms with Gasteiger partial charge in [-0.05, 0) is 32.7 Å². The molecule has 1 saturated carbocycles. The van der Waals surface area contributed by atoms with Crippen molar-refractivity contribution in [3.05, 3.63) is 10.6 Å². The van der Waals surface area contributed by atoms with E-state index in [1.54, 1.807) is 0 Å². The van der Waals surface area contributed by atoms with Crippen molar-refractivity contribution in [1.29, 1.82) is 0 Å². The summed E-state index contributed by atoms with van der Waals surface area (Å²) >= 11 is 1.90. The van der Waals surface area contributed by atoms with Crippen molar-refractivity contribution in [3.8, 4) is 0 Å². The van der Waals surface area contributed by atoms with Crippen LogP contribution in [-0.2, 0) is 13.0 Å². The van der Waals surface area contributed by atoms with Gasteiger partial charge in [0.05, 0.1) is 5.69 Å². The second kappa shape index (κ2) is 7.99. The van der Waals surface area contributed by atoms with Crippen LogP contribution in [0.25, 0.3) is 0 Å². The van der Waals surface area contributed by atoms with Gasteiger partial charge < -0.3 is 10.2 Å². The van der Waals surface area contributed by atoms with Crippen LogP contribution in [0.4, 0.5) is 5.13 Å². The number of hydrogen-bond donors (Lipinski definition) is 1. The van der Waals surface area contributed by atoms with Crippen molar-refractivity contribution < 1.29 is 0 Å². The van der Waals surface area contributed by atoms with Crippen molar-refractivity contribution in [2.75, 3.05) is 18.0 Å². The molecule has 0 amide bonds. The van der Waals surface area contributed by atoms with E-state index in [0.29, 0.717) is 0 Å². The van der Waals surface area contributed by atoms with Gasteiger partial charge in [-0.3, -0.25) is 0 Å². The summed E-state index contributed by atoms with van der Waals surface area (Å²) in [4.78, 5) is 8.92. The fourth-order valence-electron chi connectivity index (χ4n) is 3.09. The van der Waals surface area contributed by atoms with Crippen LogP contribution in [0, 0.1) is 0 Å². The fraction of sp³-hybridized carbons (Fsp3) is 0.812. The molecule has 114 valence electrons. The first-order valence-electron chi connectivity index (χ1n) is 8.26. The van der Waals surface area contributed by atoms with Gasteiger partial charge in [0.1, 0.15) is 0 Å². The second-order valence-corrected chi connectivity index (χ2v) is 6.64. The lowest BCUT2D eigenvalue weighted by molar-refractivity contribution is 0.418. The van der Waals surface area contributed by atoms with Crippen LogP contribution in [0.2, 0.25) is 0 Å². The molecule has 4 heteroatoms. The zero-order valence-electron chi connectivity index (χ0n) is 13.2. The highest BCUT2D eigenvalue weighted by atomic mass is 32.1.